The monoisotopic (exact) mass is 276 g/mol. The number of carboxylic acid groups (broad SMARTS) is 1. The van der Waals surface area contributed by atoms with Gasteiger partial charge in [0.15, 0.2) is 0 Å². The Morgan fingerprint density at radius 3 is 2.56 bits per heavy atom. The first-order valence-corrected chi connectivity index (χ1v) is 7.59. The second-order valence-corrected chi connectivity index (χ2v) is 5.26. The Morgan fingerprint density at radius 2 is 2.00 bits per heavy atom. The van der Waals surface area contributed by atoms with E-state index in [0.29, 0.717) is 13.0 Å². The van der Waals surface area contributed by atoms with Gasteiger partial charge in [-0.1, -0.05) is 6.42 Å². The zero-order chi connectivity index (χ0) is 14.0. The average molecular weight is 276 g/mol. The fourth-order valence-corrected chi connectivity index (χ4v) is 2.16. The number of unbranched alkanes of at least 4 members (excludes halogenated alkanes) is 2. The Labute approximate surface area is 113 Å². The highest BCUT2D eigenvalue weighted by molar-refractivity contribution is 7.98. The van der Waals surface area contributed by atoms with Gasteiger partial charge in [0.25, 0.3) is 0 Å². The molecule has 5 nitrogen and oxygen atoms in total. The van der Waals surface area contributed by atoms with Crippen LogP contribution in [0.1, 0.15) is 32.6 Å². The molecule has 0 aromatic rings. The predicted octanol–water partition coefficient (Wildman–Crippen LogP) is 2.02. The molecule has 0 saturated heterocycles. The number of rotatable bonds is 9. The van der Waals surface area contributed by atoms with E-state index >= 15 is 0 Å². The van der Waals surface area contributed by atoms with Crippen molar-refractivity contribution in [3.8, 4) is 0 Å². The molecule has 0 saturated carbocycles. The molecule has 2 N–H and O–H groups in total. The molecule has 0 fully saturated rings. The fourth-order valence-electron chi connectivity index (χ4n) is 1.45. The highest BCUT2D eigenvalue weighted by atomic mass is 32.2. The van der Waals surface area contributed by atoms with E-state index in [1.54, 1.807) is 23.7 Å². The van der Waals surface area contributed by atoms with Gasteiger partial charge in [0.05, 0.1) is 0 Å². The summed E-state index contributed by atoms with van der Waals surface area (Å²) >= 11 is 1.72. The highest BCUT2D eigenvalue weighted by Crippen LogP contribution is 2.04. The second kappa shape index (κ2) is 10.1. The summed E-state index contributed by atoms with van der Waals surface area (Å²) in [5.74, 6) is 0.160. The van der Waals surface area contributed by atoms with Crippen molar-refractivity contribution >= 4 is 23.8 Å². The molecule has 0 aliphatic heterocycles. The predicted molar refractivity (Wildman–Crippen MR) is 75.1 cm³/mol. The molecule has 0 aliphatic rings. The Kier molecular flexibility index (Phi) is 9.55. The number of carbonyl (C=O) groups is 2. The molecule has 0 spiro atoms. The zero-order valence-corrected chi connectivity index (χ0v) is 12.3. The lowest BCUT2D eigenvalue weighted by Crippen LogP contribution is -2.43. The topological polar surface area (TPSA) is 69.6 Å². The van der Waals surface area contributed by atoms with Crippen molar-refractivity contribution in [1.29, 1.82) is 0 Å². The van der Waals surface area contributed by atoms with Crippen LogP contribution in [0.2, 0.25) is 0 Å². The standard InChI is InChI=1S/C12H24N2O3S/c1-10(9-18-3)14(2)12(17)13-8-6-4-5-7-11(15)16/h10H,4-9H2,1-3H3,(H,13,17)(H,15,16). The summed E-state index contributed by atoms with van der Waals surface area (Å²) in [7, 11) is 1.79. The minimum absolute atomic E-state index is 0.0604. The molecule has 0 heterocycles. The van der Waals surface area contributed by atoms with E-state index in [2.05, 4.69) is 5.32 Å². The first-order valence-electron chi connectivity index (χ1n) is 6.20. The van der Waals surface area contributed by atoms with Crippen LogP contribution in [0.3, 0.4) is 0 Å². The number of hydrogen-bond donors (Lipinski definition) is 2. The van der Waals surface area contributed by atoms with Crippen LogP contribution in [0.5, 0.6) is 0 Å². The number of hydrogen-bond acceptors (Lipinski definition) is 3. The van der Waals surface area contributed by atoms with Gasteiger partial charge in [0, 0.05) is 31.8 Å². The molecule has 0 rings (SSSR count). The van der Waals surface area contributed by atoms with Gasteiger partial charge in [0.2, 0.25) is 0 Å². The van der Waals surface area contributed by atoms with Crippen LogP contribution in [0.4, 0.5) is 4.79 Å². The lowest BCUT2D eigenvalue weighted by molar-refractivity contribution is -0.137. The number of carbonyl (C=O) groups excluding carboxylic acids is 1. The second-order valence-electron chi connectivity index (χ2n) is 4.35. The fraction of sp³-hybridized carbons (Fsp3) is 0.833. The van der Waals surface area contributed by atoms with Crippen LogP contribution in [0, 0.1) is 0 Å². The first kappa shape index (κ1) is 17.1. The van der Waals surface area contributed by atoms with E-state index in [4.69, 9.17) is 5.11 Å². The van der Waals surface area contributed by atoms with Gasteiger partial charge in [-0.15, -0.1) is 0 Å². The molecule has 0 bridgehead atoms. The van der Waals surface area contributed by atoms with Crippen molar-refractivity contribution in [2.45, 2.75) is 38.6 Å². The van der Waals surface area contributed by atoms with Crippen LogP contribution in [-0.4, -0.2) is 53.6 Å². The van der Waals surface area contributed by atoms with Crippen molar-refractivity contribution in [2.24, 2.45) is 0 Å². The van der Waals surface area contributed by atoms with Gasteiger partial charge in [0.1, 0.15) is 0 Å². The molecule has 1 atom stereocenters. The maximum Gasteiger partial charge on any atom is 0.317 e. The minimum Gasteiger partial charge on any atom is -0.481 e. The first-order chi connectivity index (χ1) is 8.49. The van der Waals surface area contributed by atoms with Crippen molar-refractivity contribution < 1.29 is 14.7 Å². The number of carboxylic acids is 1. The molecule has 106 valence electrons. The molecular formula is C12H24N2O3S. The Balaban J connectivity index is 3.60. The van der Waals surface area contributed by atoms with Gasteiger partial charge < -0.3 is 15.3 Å². The third-order valence-corrected chi connectivity index (χ3v) is 3.55. The quantitative estimate of drug-likeness (QED) is 0.632. The molecule has 18 heavy (non-hydrogen) atoms. The largest absolute Gasteiger partial charge is 0.481 e. The highest BCUT2D eigenvalue weighted by Gasteiger charge is 2.14. The van der Waals surface area contributed by atoms with Crippen LogP contribution in [0.15, 0.2) is 0 Å². The van der Waals surface area contributed by atoms with Crippen molar-refractivity contribution in [3.63, 3.8) is 0 Å². The summed E-state index contributed by atoms with van der Waals surface area (Å²) in [5, 5.41) is 11.3. The minimum atomic E-state index is -0.760. The molecular weight excluding hydrogens is 252 g/mol. The summed E-state index contributed by atoms with van der Waals surface area (Å²) in [5.41, 5.74) is 0. The van der Waals surface area contributed by atoms with Gasteiger partial charge in [-0.25, -0.2) is 4.79 Å². The third kappa shape index (κ3) is 8.22. The molecule has 0 aromatic carbocycles. The number of urea groups is 1. The van der Waals surface area contributed by atoms with Crippen LogP contribution >= 0.6 is 11.8 Å². The Hall–Kier alpha value is -0.910. The van der Waals surface area contributed by atoms with Crippen LogP contribution < -0.4 is 5.32 Å². The molecule has 2 amide bonds. The van der Waals surface area contributed by atoms with E-state index < -0.39 is 5.97 Å². The zero-order valence-electron chi connectivity index (χ0n) is 11.4. The van der Waals surface area contributed by atoms with E-state index in [-0.39, 0.29) is 18.5 Å². The van der Waals surface area contributed by atoms with Gasteiger partial charge >= 0.3 is 12.0 Å². The summed E-state index contributed by atoms with van der Waals surface area (Å²) in [6, 6.07) is 0.154. The van der Waals surface area contributed by atoms with E-state index in [9.17, 15) is 9.59 Å². The van der Waals surface area contributed by atoms with Crippen molar-refractivity contribution in [3.05, 3.63) is 0 Å². The maximum atomic E-state index is 11.7. The lowest BCUT2D eigenvalue weighted by atomic mass is 10.2. The number of amides is 2. The van der Waals surface area contributed by atoms with E-state index in [1.807, 2.05) is 13.2 Å². The van der Waals surface area contributed by atoms with Crippen molar-refractivity contribution in [2.75, 3.05) is 25.6 Å². The lowest BCUT2D eigenvalue weighted by Gasteiger charge is -2.24. The van der Waals surface area contributed by atoms with Crippen LogP contribution in [0.25, 0.3) is 0 Å². The van der Waals surface area contributed by atoms with Gasteiger partial charge in [-0.3, -0.25) is 4.79 Å². The number of nitrogens with one attached hydrogen (secondary N) is 1. The van der Waals surface area contributed by atoms with Gasteiger partial charge in [-0.05, 0) is 26.0 Å². The molecule has 0 radical (unpaired) electrons. The van der Waals surface area contributed by atoms with E-state index in [1.165, 1.54) is 0 Å². The van der Waals surface area contributed by atoms with E-state index in [0.717, 1.165) is 18.6 Å². The number of nitrogens with zero attached hydrogens (tertiary/aromatic N) is 1. The molecule has 6 heteroatoms. The Bertz CT molecular complexity index is 262. The third-order valence-electron chi connectivity index (χ3n) is 2.73. The maximum absolute atomic E-state index is 11.7. The number of thioether (sulfide) groups is 1. The molecule has 1 unspecified atom stereocenters. The Morgan fingerprint density at radius 1 is 1.33 bits per heavy atom. The molecule has 0 aromatic heterocycles. The summed E-state index contributed by atoms with van der Waals surface area (Å²) in [6.45, 7) is 2.62. The number of aliphatic carboxylic acids is 1. The van der Waals surface area contributed by atoms with Crippen molar-refractivity contribution in [1.82, 2.24) is 10.2 Å². The SMILES string of the molecule is CSCC(C)N(C)C(=O)NCCCCCC(=O)O. The summed E-state index contributed by atoms with van der Waals surface area (Å²) in [4.78, 5) is 23.7. The van der Waals surface area contributed by atoms with Gasteiger partial charge in [-0.2, -0.15) is 11.8 Å². The summed E-state index contributed by atoms with van der Waals surface area (Å²) < 4.78 is 0. The normalized spacial score (nSPS) is 11.9. The molecule has 0 aliphatic carbocycles. The average Bonchev–Trinajstić information content (AvgIpc) is 2.32. The summed E-state index contributed by atoms with van der Waals surface area (Å²) in [6.07, 6.45) is 4.55. The smallest absolute Gasteiger partial charge is 0.317 e. The van der Waals surface area contributed by atoms with Crippen LogP contribution in [-0.2, 0) is 4.79 Å².